The molecule has 0 amide bonds. The second kappa shape index (κ2) is 5.50. The molecule has 3 aromatic rings. The van der Waals surface area contributed by atoms with E-state index in [1.54, 1.807) is 48.5 Å². The molecule has 0 fully saturated rings. The molecular weight excluding hydrogens is 308 g/mol. The third kappa shape index (κ3) is 2.40. The number of hydrogen-bond acceptors (Lipinski definition) is 5. The van der Waals surface area contributed by atoms with Crippen LogP contribution in [0.3, 0.4) is 0 Å². The van der Waals surface area contributed by atoms with Crippen molar-refractivity contribution >= 4 is 39.6 Å². The summed E-state index contributed by atoms with van der Waals surface area (Å²) >= 11 is 6.06. The summed E-state index contributed by atoms with van der Waals surface area (Å²) in [6.07, 6.45) is 0. The van der Waals surface area contributed by atoms with Crippen LogP contribution in [0.2, 0.25) is 5.02 Å². The summed E-state index contributed by atoms with van der Waals surface area (Å²) in [5.41, 5.74) is -0.891. The van der Waals surface area contributed by atoms with Gasteiger partial charge in [-0.1, -0.05) is 35.9 Å². The summed E-state index contributed by atoms with van der Waals surface area (Å²) in [6.45, 7) is 0. The van der Waals surface area contributed by atoms with E-state index < -0.39 is 16.2 Å². The van der Waals surface area contributed by atoms with Gasteiger partial charge in [0.2, 0.25) is 0 Å². The van der Waals surface area contributed by atoms with Crippen LogP contribution in [0.15, 0.2) is 57.7 Å². The van der Waals surface area contributed by atoms with Crippen LogP contribution in [-0.4, -0.2) is 4.92 Å². The third-order valence-electron chi connectivity index (χ3n) is 3.11. The van der Waals surface area contributed by atoms with E-state index in [0.29, 0.717) is 16.1 Å². The van der Waals surface area contributed by atoms with Crippen LogP contribution >= 0.6 is 11.6 Å². The molecular formula is C15H9ClN2O4. The molecule has 0 bridgehead atoms. The highest BCUT2D eigenvalue weighted by Gasteiger charge is 2.25. The Hall–Kier alpha value is -2.86. The highest BCUT2D eigenvalue weighted by molar-refractivity contribution is 6.33. The van der Waals surface area contributed by atoms with E-state index in [1.165, 1.54) is 0 Å². The van der Waals surface area contributed by atoms with Crippen molar-refractivity contribution in [3.05, 3.63) is 74.1 Å². The Morgan fingerprint density at radius 2 is 1.77 bits per heavy atom. The van der Waals surface area contributed by atoms with Crippen molar-refractivity contribution in [1.29, 1.82) is 0 Å². The average Bonchev–Trinajstić information content (AvgIpc) is 2.49. The van der Waals surface area contributed by atoms with Gasteiger partial charge in [0.15, 0.2) is 0 Å². The molecule has 6 nitrogen and oxygen atoms in total. The third-order valence-corrected chi connectivity index (χ3v) is 3.43. The summed E-state index contributed by atoms with van der Waals surface area (Å²) in [5, 5.41) is 14.9. The smallest absolute Gasteiger partial charge is 0.417 e. The number of nitro groups is 1. The van der Waals surface area contributed by atoms with Gasteiger partial charge in [-0.15, -0.1) is 0 Å². The van der Waals surface area contributed by atoms with Crippen molar-refractivity contribution in [2.45, 2.75) is 0 Å². The van der Waals surface area contributed by atoms with Gasteiger partial charge < -0.3 is 9.73 Å². The highest BCUT2D eigenvalue weighted by Crippen LogP contribution is 2.34. The number of para-hydroxylation sites is 2. The van der Waals surface area contributed by atoms with E-state index in [9.17, 15) is 14.9 Å². The minimum atomic E-state index is -1.02. The normalized spacial score (nSPS) is 10.6. The lowest BCUT2D eigenvalue weighted by atomic mass is 10.1. The number of nitrogens with one attached hydrogen (secondary N) is 1. The van der Waals surface area contributed by atoms with Gasteiger partial charge in [-0.3, -0.25) is 10.1 Å². The lowest BCUT2D eigenvalue weighted by Gasteiger charge is -2.10. The Labute approximate surface area is 129 Å². The zero-order valence-electron chi connectivity index (χ0n) is 11.1. The molecule has 0 atom stereocenters. The average molecular weight is 317 g/mol. The fourth-order valence-corrected chi connectivity index (χ4v) is 2.31. The maximum Gasteiger partial charge on any atom is 0.417 e. The Balaban J connectivity index is 2.30. The van der Waals surface area contributed by atoms with Crippen molar-refractivity contribution in [2.24, 2.45) is 0 Å². The van der Waals surface area contributed by atoms with Crippen molar-refractivity contribution in [2.75, 3.05) is 5.32 Å². The Morgan fingerprint density at radius 1 is 1.09 bits per heavy atom. The maximum atomic E-state index is 11.9. The van der Waals surface area contributed by atoms with Gasteiger partial charge in [0, 0.05) is 5.39 Å². The van der Waals surface area contributed by atoms with Crippen LogP contribution in [0, 0.1) is 10.1 Å². The van der Waals surface area contributed by atoms with Gasteiger partial charge >= 0.3 is 11.3 Å². The van der Waals surface area contributed by atoms with Gasteiger partial charge in [-0.05, 0) is 24.3 Å². The van der Waals surface area contributed by atoms with Crippen LogP contribution in [0.4, 0.5) is 17.1 Å². The number of halogens is 1. The molecule has 0 aliphatic heterocycles. The van der Waals surface area contributed by atoms with E-state index in [4.69, 9.17) is 16.0 Å². The molecule has 110 valence electrons. The summed E-state index contributed by atoms with van der Waals surface area (Å²) in [7, 11) is 0. The first-order chi connectivity index (χ1) is 10.6. The van der Waals surface area contributed by atoms with Gasteiger partial charge in [0.05, 0.1) is 15.6 Å². The minimum Gasteiger partial charge on any atom is -0.418 e. The van der Waals surface area contributed by atoms with Gasteiger partial charge in [-0.25, -0.2) is 4.79 Å². The van der Waals surface area contributed by atoms with E-state index >= 15 is 0 Å². The standard InChI is InChI=1S/C15H9ClN2O4/c16-10-6-2-3-7-11(10)17-13-9-5-1-4-8-12(9)22-15(19)14(13)18(20)21/h1-8,17H. The van der Waals surface area contributed by atoms with E-state index in [1.807, 2.05) is 0 Å². The molecule has 0 saturated heterocycles. The number of anilines is 2. The van der Waals surface area contributed by atoms with E-state index in [-0.39, 0.29) is 11.3 Å². The number of hydrogen-bond donors (Lipinski definition) is 1. The predicted molar refractivity (Wildman–Crippen MR) is 83.9 cm³/mol. The molecule has 22 heavy (non-hydrogen) atoms. The number of benzene rings is 2. The number of fused-ring (bicyclic) bond motifs is 1. The molecule has 1 N–H and O–H groups in total. The first-order valence-corrected chi connectivity index (χ1v) is 6.67. The molecule has 0 saturated carbocycles. The lowest BCUT2D eigenvalue weighted by Crippen LogP contribution is -2.10. The molecule has 0 spiro atoms. The summed E-state index contributed by atoms with van der Waals surface area (Å²) in [5.74, 6) is 0. The van der Waals surface area contributed by atoms with Gasteiger partial charge in [0.25, 0.3) is 0 Å². The molecule has 3 rings (SSSR count). The molecule has 1 aromatic heterocycles. The monoisotopic (exact) mass is 316 g/mol. The topological polar surface area (TPSA) is 85.4 Å². The van der Waals surface area contributed by atoms with Crippen molar-refractivity contribution < 1.29 is 9.34 Å². The lowest BCUT2D eigenvalue weighted by molar-refractivity contribution is -0.386. The van der Waals surface area contributed by atoms with E-state index in [0.717, 1.165) is 0 Å². The molecule has 0 aliphatic rings. The Bertz CT molecular complexity index is 936. The zero-order valence-corrected chi connectivity index (χ0v) is 11.8. The fraction of sp³-hybridized carbons (Fsp3) is 0. The highest BCUT2D eigenvalue weighted by atomic mass is 35.5. The van der Waals surface area contributed by atoms with Crippen LogP contribution in [0.1, 0.15) is 0 Å². The number of rotatable bonds is 3. The first kappa shape index (κ1) is 14.1. The van der Waals surface area contributed by atoms with Crippen LogP contribution in [0.5, 0.6) is 0 Å². The second-order valence-electron chi connectivity index (χ2n) is 4.47. The fourth-order valence-electron chi connectivity index (χ4n) is 2.13. The van der Waals surface area contributed by atoms with Crippen LogP contribution < -0.4 is 10.9 Å². The van der Waals surface area contributed by atoms with Crippen molar-refractivity contribution in [1.82, 2.24) is 0 Å². The molecule has 7 heteroatoms. The summed E-state index contributed by atoms with van der Waals surface area (Å²) in [4.78, 5) is 22.4. The molecule has 0 radical (unpaired) electrons. The quantitative estimate of drug-likeness (QED) is 0.446. The predicted octanol–water partition coefficient (Wildman–Crippen LogP) is 4.10. The largest absolute Gasteiger partial charge is 0.418 e. The van der Waals surface area contributed by atoms with Crippen LogP contribution in [-0.2, 0) is 0 Å². The Morgan fingerprint density at radius 3 is 2.50 bits per heavy atom. The summed E-state index contributed by atoms with van der Waals surface area (Å²) < 4.78 is 4.99. The second-order valence-corrected chi connectivity index (χ2v) is 4.88. The van der Waals surface area contributed by atoms with Crippen molar-refractivity contribution in [3.8, 4) is 0 Å². The summed E-state index contributed by atoms with van der Waals surface area (Å²) in [6, 6.07) is 13.3. The minimum absolute atomic E-state index is 0.0601. The maximum absolute atomic E-state index is 11.9. The SMILES string of the molecule is O=c1oc2ccccc2c(Nc2ccccc2Cl)c1[N+](=O)[O-]. The van der Waals surface area contributed by atoms with E-state index in [2.05, 4.69) is 5.32 Å². The number of nitrogens with zero attached hydrogens (tertiary/aromatic N) is 1. The van der Waals surface area contributed by atoms with Gasteiger partial charge in [0.1, 0.15) is 11.3 Å². The molecule has 0 unspecified atom stereocenters. The van der Waals surface area contributed by atoms with Crippen molar-refractivity contribution in [3.63, 3.8) is 0 Å². The Kier molecular flexibility index (Phi) is 3.52. The first-order valence-electron chi connectivity index (χ1n) is 6.29. The van der Waals surface area contributed by atoms with Crippen LogP contribution in [0.25, 0.3) is 11.0 Å². The van der Waals surface area contributed by atoms with Gasteiger partial charge in [-0.2, -0.15) is 0 Å². The molecule has 1 heterocycles. The molecule has 2 aromatic carbocycles. The molecule has 0 aliphatic carbocycles. The zero-order chi connectivity index (χ0) is 15.7.